The van der Waals surface area contributed by atoms with E-state index in [-0.39, 0.29) is 0 Å². The molecule has 1 N–H and O–H groups in total. The van der Waals surface area contributed by atoms with Gasteiger partial charge in [0.05, 0.1) is 12.2 Å². The second-order valence-corrected chi connectivity index (χ2v) is 7.29. The van der Waals surface area contributed by atoms with Gasteiger partial charge in [0.2, 0.25) is 0 Å². The summed E-state index contributed by atoms with van der Waals surface area (Å²) in [6, 6.07) is 2.06. The lowest BCUT2D eigenvalue weighted by atomic mass is 9.74. The van der Waals surface area contributed by atoms with Crippen LogP contribution >= 0.6 is 0 Å². The van der Waals surface area contributed by atoms with E-state index in [9.17, 15) is 0 Å². The fourth-order valence-electron chi connectivity index (χ4n) is 4.35. The van der Waals surface area contributed by atoms with Gasteiger partial charge in [-0.2, -0.15) is 5.10 Å². The lowest BCUT2D eigenvalue weighted by Gasteiger charge is -2.44. The minimum atomic E-state index is 0.541. The zero-order chi connectivity index (χ0) is 16.1. The van der Waals surface area contributed by atoms with Gasteiger partial charge < -0.3 is 10.2 Å². The first-order valence-corrected chi connectivity index (χ1v) is 9.15. The van der Waals surface area contributed by atoms with Gasteiger partial charge in [0, 0.05) is 33.4 Å². The molecule has 2 fully saturated rings. The molecule has 1 saturated heterocycles. The van der Waals surface area contributed by atoms with Crippen molar-refractivity contribution in [2.24, 2.45) is 17.5 Å². The van der Waals surface area contributed by atoms with Crippen LogP contribution in [0.5, 0.6) is 0 Å². The SMILES string of the molecule is CN=C(NCc1ccnn1C)N1CCCC2(CCCCCC2)C1. The van der Waals surface area contributed by atoms with Gasteiger partial charge in [-0.15, -0.1) is 0 Å². The maximum atomic E-state index is 4.54. The minimum Gasteiger partial charge on any atom is -0.351 e. The summed E-state index contributed by atoms with van der Waals surface area (Å²) >= 11 is 0. The lowest BCUT2D eigenvalue weighted by molar-refractivity contribution is 0.115. The van der Waals surface area contributed by atoms with Crippen LogP contribution < -0.4 is 5.32 Å². The van der Waals surface area contributed by atoms with E-state index < -0.39 is 0 Å². The van der Waals surface area contributed by atoms with Gasteiger partial charge in [-0.3, -0.25) is 9.67 Å². The second-order valence-electron chi connectivity index (χ2n) is 7.29. The van der Waals surface area contributed by atoms with E-state index in [4.69, 9.17) is 0 Å². The Kier molecular flexibility index (Phi) is 5.23. The van der Waals surface area contributed by atoms with E-state index in [0.717, 1.165) is 19.0 Å². The maximum Gasteiger partial charge on any atom is 0.193 e. The molecule has 128 valence electrons. The van der Waals surface area contributed by atoms with E-state index in [2.05, 4.69) is 26.4 Å². The number of hydrogen-bond acceptors (Lipinski definition) is 2. The third-order valence-electron chi connectivity index (χ3n) is 5.69. The van der Waals surface area contributed by atoms with Gasteiger partial charge in [0.25, 0.3) is 0 Å². The minimum absolute atomic E-state index is 0.541. The van der Waals surface area contributed by atoms with E-state index in [1.807, 2.05) is 25.0 Å². The van der Waals surface area contributed by atoms with Crippen LogP contribution in [-0.4, -0.2) is 40.8 Å². The zero-order valence-corrected chi connectivity index (χ0v) is 14.7. The molecule has 1 aromatic heterocycles. The monoisotopic (exact) mass is 317 g/mol. The van der Waals surface area contributed by atoms with Gasteiger partial charge in [0.1, 0.15) is 0 Å². The van der Waals surface area contributed by atoms with Crippen molar-refractivity contribution in [3.05, 3.63) is 18.0 Å². The van der Waals surface area contributed by atoms with Crippen LogP contribution in [0.4, 0.5) is 0 Å². The van der Waals surface area contributed by atoms with Crippen molar-refractivity contribution in [3.63, 3.8) is 0 Å². The molecule has 2 heterocycles. The number of aromatic nitrogens is 2. The Bertz CT molecular complexity index is 525. The number of aliphatic imine (C=N–C) groups is 1. The highest BCUT2D eigenvalue weighted by molar-refractivity contribution is 5.80. The largest absolute Gasteiger partial charge is 0.351 e. The van der Waals surface area contributed by atoms with Gasteiger partial charge >= 0.3 is 0 Å². The Hall–Kier alpha value is -1.52. The zero-order valence-electron chi connectivity index (χ0n) is 14.7. The van der Waals surface area contributed by atoms with Crippen molar-refractivity contribution in [2.45, 2.75) is 57.9 Å². The molecule has 1 saturated carbocycles. The molecule has 5 heteroatoms. The van der Waals surface area contributed by atoms with Crippen LogP contribution in [0.15, 0.2) is 17.3 Å². The molecular weight excluding hydrogens is 286 g/mol. The summed E-state index contributed by atoms with van der Waals surface area (Å²) in [4.78, 5) is 7.04. The van der Waals surface area contributed by atoms with E-state index in [1.165, 1.54) is 63.6 Å². The van der Waals surface area contributed by atoms with Crippen molar-refractivity contribution >= 4 is 5.96 Å². The Morgan fingerprint density at radius 3 is 2.61 bits per heavy atom. The first-order valence-electron chi connectivity index (χ1n) is 9.15. The molecule has 3 rings (SSSR count). The molecule has 0 atom stereocenters. The molecule has 2 aliphatic rings. The average molecular weight is 317 g/mol. The first-order chi connectivity index (χ1) is 11.2. The number of nitrogens with zero attached hydrogens (tertiary/aromatic N) is 4. The van der Waals surface area contributed by atoms with Gasteiger partial charge in [-0.25, -0.2) is 0 Å². The van der Waals surface area contributed by atoms with E-state index in [1.54, 1.807) is 0 Å². The quantitative estimate of drug-likeness (QED) is 0.674. The summed E-state index contributed by atoms with van der Waals surface area (Å²) in [5.74, 6) is 1.05. The molecule has 0 amide bonds. The molecule has 1 aliphatic heterocycles. The van der Waals surface area contributed by atoms with Crippen molar-refractivity contribution < 1.29 is 0 Å². The molecule has 1 spiro atoms. The fourth-order valence-corrected chi connectivity index (χ4v) is 4.35. The molecule has 0 radical (unpaired) electrons. The van der Waals surface area contributed by atoms with Crippen LogP contribution in [0.25, 0.3) is 0 Å². The summed E-state index contributed by atoms with van der Waals surface area (Å²) in [6.45, 7) is 3.09. The Morgan fingerprint density at radius 2 is 1.96 bits per heavy atom. The van der Waals surface area contributed by atoms with Crippen molar-refractivity contribution in [1.29, 1.82) is 0 Å². The number of guanidine groups is 1. The maximum absolute atomic E-state index is 4.54. The Morgan fingerprint density at radius 1 is 1.22 bits per heavy atom. The predicted molar refractivity (Wildman–Crippen MR) is 94.3 cm³/mol. The summed E-state index contributed by atoms with van der Waals surface area (Å²) in [6.07, 6.45) is 13.0. The highest BCUT2D eigenvalue weighted by Crippen LogP contribution is 2.42. The summed E-state index contributed by atoms with van der Waals surface area (Å²) in [7, 11) is 3.89. The molecule has 1 aromatic rings. The van der Waals surface area contributed by atoms with Crippen molar-refractivity contribution in [3.8, 4) is 0 Å². The van der Waals surface area contributed by atoms with Crippen LogP contribution in [0.1, 0.15) is 57.1 Å². The number of rotatable bonds is 2. The van der Waals surface area contributed by atoms with Crippen LogP contribution in [0, 0.1) is 5.41 Å². The van der Waals surface area contributed by atoms with E-state index >= 15 is 0 Å². The van der Waals surface area contributed by atoms with Crippen LogP contribution in [-0.2, 0) is 13.6 Å². The van der Waals surface area contributed by atoms with Gasteiger partial charge in [-0.05, 0) is 37.2 Å². The van der Waals surface area contributed by atoms with Crippen LogP contribution in [0.3, 0.4) is 0 Å². The number of hydrogen-bond donors (Lipinski definition) is 1. The molecule has 1 aliphatic carbocycles. The third-order valence-corrected chi connectivity index (χ3v) is 5.69. The van der Waals surface area contributed by atoms with Crippen molar-refractivity contribution in [2.75, 3.05) is 20.1 Å². The predicted octanol–water partition coefficient (Wildman–Crippen LogP) is 2.93. The second kappa shape index (κ2) is 7.37. The van der Waals surface area contributed by atoms with Crippen molar-refractivity contribution in [1.82, 2.24) is 20.0 Å². The number of aryl methyl sites for hydroxylation is 1. The standard InChI is InChI=1S/C18H31N5/c1-19-17(20-14-16-8-12-21-22(16)2)23-13-7-11-18(15-23)9-5-3-4-6-10-18/h8,12H,3-7,9-11,13-15H2,1-2H3,(H,19,20). The molecule has 0 aromatic carbocycles. The smallest absolute Gasteiger partial charge is 0.193 e. The average Bonchev–Trinajstić information content (AvgIpc) is 2.84. The lowest BCUT2D eigenvalue weighted by Crippen LogP contribution is -2.50. The summed E-state index contributed by atoms with van der Waals surface area (Å²) in [5.41, 5.74) is 1.73. The molecule has 5 nitrogen and oxygen atoms in total. The van der Waals surface area contributed by atoms with Gasteiger partial charge in [-0.1, -0.05) is 25.7 Å². The number of likely N-dealkylation sites (tertiary alicyclic amines) is 1. The molecular formula is C18H31N5. The summed E-state index contributed by atoms with van der Waals surface area (Å²) < 4.78 is 1.92. The fraction of sp³-hybridized carbons (Fsp3) is 0.778. The normalized spacial score (nSPS) is 22.2. The highest BCUT2D eigenvalue weighted by atomic mass is 15.3. The highest BCUT2D eigenvalue weighted by Gasteiger charge is 2.36. The number of piperidine rings is 1. The Labute approximate surface area is 140 Å². The number of nitrogens with one attached hydrogen (secondary N) is 1. The third kappa shape index (κ3) is 3.88. The Balaban J connectivity index is 1.62. The topological polar surface area (TPSA) is 45.5 Å². The van der Waals surface area contributed by atoms with E-state index in [0.29, 0.717) is 5.41 Å². The molecule has 0 unspecified atom stereocenters. The molecule has 23 heavy (non-hydrogen) atoms. The van der Waals surface area contributed by atoms with Gasteiger partial charge in [0.15, 0.2) is 5.96 Å². The van der Waals surface area contributed by atoms with Crippen LogP contribution in [0.2, 0.25) is 0 Å². The first kappa shape index (κ1) is 16.3. The summed E-state index contributed by atoms with van der Waals surface area (Å²) in [5, 5.41) is 7.77. The molecule has 0 bridgehead atoms.